The average molecular weight is 373 g/mol. The molecule has 26 heavy (non-hydrogen) atoms. The number of hydrogen-bond donors (Lipinski definition) is 0. The minimum Gasteiger partial charge on any atom is -0.497 e. The highest BCUT2D eigenvalue weighted by Crippen LogP contribution is 2.17. The second-order valence-corrected chi connectivity index (χ2v) is 7.37. The first-order valence-corrected chi connectivity index (χ1v) is 9.89. The quantitative estimate of drug-likeness (QED) is 0.476. The van der Waals surface area contributed by atoms with Gasteiger partial charge in [-0.05, 0) is 42.7 Å². The molecule has 0 radical (unpaired) electrons. The normalized spacial score (nSPS) is 10.3. The Morgan fingerprint density at radius 2 is 1.15 bits per heavy atom. The third-order valence-electron chi connectivity index (χ3n) is 3.80. The Labute approximate surface area is 161 Å². The SMILES string of the molecule is COc1ccc(C(=O)C(C)C)cc1.CSc1ccc(C(=O)C(C)C)cc1. The molecule has 0 aromatic heterocycles. The maximum Gasteiger partial charge on any atom is 0.165 e. The highest BCUT2D eigenvalue weighted by Gasteiger charge is 2.10. The second-order valence-electron chi connectivity index (χ2n) is 6.49. The number of carbonyl (C=O) groups excluding carboxylic acids is 2. The fourth-order valence-electron chi connectivity index (χ4n) is 2.18. The lowest BCUT2D eigenvalue weighted by Gasteiger charge is -2.04. The van der Waals surface area contributed by atoms with Gasteiger partial charge in [0.05, 0.1) is 7.11 Å². The highest BCUT2D eigenvalue weighted by atomic mass is 32.2. The van der Waals surface area contributed by atoms with E-state index in [0.29, 0.717) is 0 Å². The summed E-state index contributed by atoms with van der Waals surface area (Å²) in [6.07, 6.45) is 2.03. The van der Waals surface area contributed by atoms with Crippen molar-refractivity contribution < 1.29 is 14.3 Å². The van der Waals surface area contributed by atoms with Gasteiger partial charge in [-0.1, -0.05) is 39.8 Å². The van der Waals surface area contributed by atoms with Gasteiger partial charge in [0.25, 0.3) is 0 Å². The van der Waals surface area contributed by atoms with Crippen molar-refractivity contribution in [3.8, 4) is 5.75 Å². The number of methoxy groups -OCH3 is 1. The summed E-state index contributed by atoms with van der Waals surface area (Å²) >= 11 is 1.69. The van der Waals surface area contributed by atoms with E-state index in [9.17, 15) is 9.59 Å². The van der Waals surface area contributed by atoms with E-state index in [0.717, 1.165) is 16.9 Å². The number of Topliss-reactive ketones (excluding diaryl/α,β-unsaturated/α-hetero) is 2. The van der Waals surface area contributed by atoms with E-state index in [1.807, 2.05) is 58.2 Å². The summed E-state index contributed by atoms with van der Waals surface area (Å²) in [5.41, 5.74) is 1.56. The molecule has 0 aliphatic heterocycles. The Bertz CT molecular complexity index is 638. The second kappa shape index (κ2) is 10.8. The Kier molecular flexibility index (Phi) is 9.14. The standard InChI is InChI=1S/C11H14O2.C11H14OS/c2*1-8(2)11(12)9-4-6-10(13-3)7-5-9/h2*4-8H,1-3H3. The largest absolute Gasteiger partial charge is 0.497 e. The monoisotopic (exact) mass is 372 g/mol. The van der Waals surface area contributed by atoms with Crippen LogP contribution in [0.2, 0.25) is 0 Å². The molecule has 2 aromatic rings. The Morgan fingerprint density at radius 3 is 1.46 bits per heavy atom. The van der Waals surface area contributed by atoms with Gasteiger partial charge in [-0.2, -0.15) is 0 Å². The minimum atomic E-state index is 0.0494. The molecule has 2 rings (SSSR count). The van der Waals surface area contributed by atoms with Crippen molar-refractivity contribution in [2.45, 2.75) is 32.6 Å². The van der Waals surface area contributed by atoms with Crippen molar-refractivity contribution in [2.75, 3.05) is 13.4 Å². The molecule has 0 N–H and O–H groups in total. The van der Waals surface area contributed by atoms with E-state index in [1.165, 1.54) is 4.90 Å². The molecule has 0 saturated carbocycles. The van der Waals surface area contributed by atoms with Gasteiger partial charge in [-0.3, -0.25) is 9.59 Å². The van der Waals surface area contributed by atoms with Crippen molar-refractivity contribution >= 4 is 23.3 Å². The number of carbonyl (C=O) groups is 2. The van der Waals surface area contributed by atoms with Gasteiger partial charge in [-0.25, -0.2) is 0 Å². The van der Waals surface area contributed by atoms with Crippen LogP contribution in [0.25, 0.3) is 0 Å². The fourth-order valence-corrected chi connectivity index (χ4v) is 2.59. The minimum absolute atomic E-state index is 0.0494. The maximum atomic E-state index is 11.5. The van der Waals surface area contributed by atoms with Crippen LogP contribution in [0.5, 0.6) is 5.75 Å². The van der Waals surface area contributed by atoms with E-state index in [-0.39, 0.29) is 23.4 Å². The predicted octanol–water partition coefficient (Wildman–Crippen LogP) is 5.78. The van der Waals surface area contributed by atoms with Crippen LogP contribution in [0.1, 0.15) is 48.4 Å². The molecule has 2 aromatic carbocycles. The molecule has 0 unspecified atom stereocenters. The van der Waals surface area contributed by atoms with Crippen LogP contribution in [-0.4, -0.2) is 24.9 Å². The first kappa shape index (κ1) is 22.0. The third kappa shape index (κ3) is 6.68. The van der Waals surface area contributed by atoms with Crippen LogP contribution in [0.15, 0.2) is 53.4 Å². The summed E-state index contributed by atoms with van der Waals surface area (Å²) in [7, 11) is 1.61. The zero-order valence-corrected chi connectivity index (χ0v) is 17.2. The van der Waals surface area contributed by atoms with Crippen molar-refractivity contribution in [1.29, 1.82) is 0 Å². The summed E-state index contributed by atoms with van der Waals surface area (Å²) in [4.78, 5) is 24.2. The molecule has 0 aliphatic carbocycles. The van der Waals surface area contributed by atoms with E-state index < -0.39 is 0 Å². The van der Waals surface area contributed by atoms with Crippen molar-refractivity contribution in [1.82, 2.24) is 0 Å². The molecule has 0 fully saturated rings. The summed E-state index contributed by atoms with van der Waals surface area (Å²) in [5, 5.41) is 0. The van der Waals surface area contributed by atoms with Crippen LogP contribution in [0.4, 0.5) is 0 Å². The topological polar surface area (TPSA) is 43.4 Å². The lowest BCUT2D eigenvalue weighted by atomic mass is 10.0. The first-order valence-electron chi connectivity index (χ1n) is 8.66. The predicted molar refractivity (Wildman–Crippen MR) is 110 cm³/mol. The van der Waals surface area contributed by atoms with Crippen molar-refractivity contribution in [3.63, 3.8) is 0 Å². The zero-order valence-electron chi connectivity index (χ0n) is 16.4. The molecule has 0 heterocycles. The van der Waals surface area contributed by atoms with E-state index in [4.69, 9.17) is 4.74 Å². The van der Waals surface area contributed by atoms with Crippen molar-refractivity contribution in [2.24, 2.45) is 11.8 Å². The van der Waals surface area contributed by atoms with Gasteiger partial charge in [0.1, 0.15) is 5.75 Å². The Morgan fingerprint density at radius 1 is 0.769 bits per heavy atom. The van der Waals surface area contributed by atoms with Gasteiger partial charge in [-0.15, -0.1) is 11.8 Å². The van der Waals surface area contributed by atoms with Gasteiger partial charge < -0.3 is 4.74 Å². The van der Waals surface area contributed by atoms with Gasteiger partial charge in [0, 0.05) is 27.9 Å². The zero-order chi connectivity index (χ0) is 19.7. The summed E-state index contributed by atoms with van der Waals surface area (Å²) in [6.45, 7) is 7.63. The van der Waals surface area contributed by atoms with Crippen molar-refractivity contribution in [3.05, 3.63) is 59.7 Å². The summed E-state index contributed by atoms with van der Waals surface area (Å²) in [5.74, 6) is 1.30. The molecule has 0 atom stereocenters. The molecule has 0 saturated heterocycles. The van der Waals surface area contributed by atoms with Crippen LogP contribution in [-0.2, 0) is 0 Å². The average Bonchev–Trinajstić information content (AvgIpc) is 2.67. The number of rotatable bonds is 6. The third-order valence-corrected chi connectivity index (χ3v) is 4.54. The number of ketones is 2. The van der Waals surface area contributed by atoms with E-state index >= 15 is 0 Å². The summed E-state index contributed by atoms with van der Waals surface area (Å²) < 4.78 is 5.00. The lowest BCUT2D eigenvalue weighted by molar-refractivity contribution is 0.0932. The van der Waals surface area contributed by atoms with E-state index in [1.54, 1.807) is 43.1 Å². The molecular formula is C22H28O3S. The molecule has 3 nitrogen and oxygen atoms in total. The summed E-state index contributed by atoms with van der Waals surface area (Å²) in [6, 6.07) is 15.0. The smallest absolute Gasteiger partial charge is 0.165 e. The molecule has 0 spiro atoms. The molecule has 4 heteroatoms. The lowest BCUT2D eigenvalue weighted by Crippen LogP contribution is -2.06. The van der Waals surface area contributed by atoms with E-state index in [2.05, 4.69) is 0 Å². The van der Waals surface area contributed by atoms with Crippen LogP contribution in [0, 0.1) is 11.8 Å². The van der Waals surface area contributed by atoms with Gasteiger partial charge >= 0.3 is 0 Å². The molecule has 0 amide bonds. The van der Waals surface area contributed by atoms with Gasteiger partial charge in [0.2, 0.25) is 0 Å². The highest BCUT2D eigenvalue weighted by molar-refractivity contribution is 7.98. The number of benzene rings is 2. The Hall–Kier alpha value is -2.07. The van der Waals surface area contributed by atoms with Crippen LogP contribution in [0.3, 0.4) is 0 Å². The molecular weight excluding hydrogens is 344 g/mol. The number of hydrogen-bond acceptors (Lipinski definition) is 4. The van der Waals surface area contributed by atoms with Gasteiger partial charge in [0.15, 0.2) is 11.6 Å². The number of ether oxygens (including phenoxy) is 1. The first-order chi connectivity index (χ1) is 12.3. The van der Waals surface area contributed by atoms with Crippen LogP contribution < -0.4 is 4.74 Å². The fraction of sp³-hybridized carbons (Fsp3) is 0.364. The Balaban J connectivity index is 0.000000260. The number of thioether (sulfide) groups is 1. The molecule has 140 valence electrons. The maximum absolute atomic E-state index is 11.5. The molecule has 0 aliphatic rings. The van der Waals surface area contributed by atoms with Crippen LogP contribution >= 0.6 is 11.8 Å². The molecule has 0 bridgehead atoms.